The molecule has 3 rings (SSSR count). The van der Waals surface area contributed by atoms with Gasteiger partial charge in [-0.25, -0.2) is 4.98 Å². The molecule has 0 saturated carbocycles. The molecule has 112 valence electrons. The van der Waals surface area contributed by atoms with Crippen molar-refractivity contribution in [1.29, 1.82) is 0 Å². The van der Waals surface area contributed by atoms with E-state index in [4.69, 9.17) is 23.2 Å². The van der Waals surface area contributed by atoms with Gasteiger partial charge in [0.2, 0.25) is 0 Å². The lowest BCUT2D eigenvalue weighted by molar-refractivity contribution is 0.102. The summed E-state index contributed by atoms with van der Waals surface area (Å²) in [6.45, 7) is 1.91. The average Bonchev–Trinajstić information content (AvgIpc) is 2.76. The number of rotatable bonds is 2. The number of halogens is 2. The van der Waals surface area contributed by atoms with Crippen LogP contribution in [-0.4, -0.2) is 15.5 Å². The van der Waals surface area contributed by atoms with Crippen molar-refractivity contribution in [2.45, 2.75) is 6.92 Å². The number of nitrogens with zero attached hydrogens (tertiary/aromatic N) is 2. The summed E-state index contributed by atoms with van der Waals surface area (Å²) in [6.07, 6.45) is 0. The van der Waals surface area contributed by atoms with Crippen molar-refractivity contribution in [3.8, 4) is 0 Å². The molecule has 0 atom stereocenters. The highest BCUT2D eigenvalue weighted by Gasteiger charge is 2.17. The Morgan fingerprint density at radius 2 is 1.77 bits per heavy atom. The van der Waals surface area contributed by atoms with E-state index in [0.717, 1.165) is 16.9 Å². The molecule has 4 nitrogen and oxygen atoms in total. The van der Waals surface area contributed by atoms with Gasteiger partial charge in [0, 0.05) is 7.05 Å². The molecule has 0 saturated heterocycles. The lowest BCUT2D eigenvalue weighted by Crippen LogP contribution is -2.13. The van der Waals surface area contributed by atoms with Gasteiger partial charge in [0.15, 0.2) is 0 Å². The Morgan fingerprint density at radius 3 is 2.45 bits per heavy atom. The molecule has 1 N–H and O–H groups in total. The third-order valence-electron chi connectivity index (χ3n) is 3.57. The number of carbonyl (C=O) groups excluding carboxylic acids is 1. The first-order valence-corrected chi connectivity index (χ1v) is 7.42. The number of hydrogen-bond donors (Lipinski definition) is 1. The lowest BCUT2D eigenvalue weighted by Gasteiger charge is -2.09. The number of aryl methyl sites for hydroxylation is 2. The first-order chi connectivity index (χ1) is 10.5. The minimum absolute atomic E-state index is 0.260. The van der Waals surface area contributed by atoms with Crippen LogP contribution in [-0.2, 0) is 7.05 Å². The zero-order chi connectivity index (χ0) is 15.9. The van der Waals surface area contributed by atoms with Gasteiger partial charge < -0.3 is 9.88 Å². The van der Waals surface area contributed by atoms with Crippen LogP contribution in [0.4, 0.5) is 5.69 Å². The molecule has 0 radical (unpaired) electrons. The zero-order valence-corrected chi connectivity index (χ0v) is 13.5. The molecule has 3 aromatic rings. The second kappa shape index (κ2) is 5.63. The number of fused-ring (bicyclic) bond motifs is 1. The highest BCUT2D eigenvalue weighted by molar-refractivity contribution is 6.40. The van der Waals surface area contributed by atoms with Crippen LogP contribution >= 0.6 is 23.2 Å². The molecule has 0 spiro atoms. The van der Waals surface area contributed by atoms with E-state index in [1.54, 1.807) is 24.3 Å². The van der Waals surface area contributed by atoms with E-state index >= 15 is 0 Å². The Hall–Kier alpha value is -2.04. The fourth-order valence-electron chi connectivity index (χ4n) is 2.33. The van der Waals surface area contributed by atoms with Gasteiger partial charge in [0.1, 0.15) is 11.3 Å². The number of imidazole rings is 1. The third-order valence-corrected chi connectivity index (χ3v) is 4.20. The minimum atomic E-state index is -0.355. The fraction of sp³-hybridized carbons (Fsp3) is 0.125. The van der Waals surface area contributed by atoms with E-state index in [9.17, 15) is 4.79 Å². The summed E-state index contributed by atoms with van der Waals surface area (Å²) >= 11 is 12.1. The maximum absolute atomic E-state index is 12.5. The standard InChI is InChI=1S/C16H13Cl2N3O/c1-9-19-15-12(7-4-8-13(15)21(9)2)20-16(22)14-10(17)5-3-6-11(14)18/h3-8H,1-2H3,(H,20,22). The van der Waals surface area contributed by atoms with Crippen molar-refractivity contribution in [2.75, 3.05) is 5.32 Å². The lowest BCUT2D eigenvalue weighted by atomic mass is 10.2. The van der Waals surface area contributed by atoms with E-state index in [1.807, 2.05) is 30.7 Å². The van der Waals surface area contributed by atoms with Gasteiger partial charge in [-0.3, -0.25) is 4.79 Å². The molecule has 1 amide bonds. The van der Waals surface area contributed by atoms with Crippen molar-refractivity contribution in [1.82, 2.24) is 9.55 Å². The Kier molecular flexibility index (Phi) is 3.81. The first-order valence-electron chi connectivity index (χ1n) is 6.66. The Morgan fingerprint density at radius 1 is 1.14 bits per heavy atom. The Bertz CT molecular complexity index is 866. The maximum atomic E-state index is 12.5. The second-order valence-electron chi connectivity index (χ2n) is 4.94. The van der Waals surface area contributed by atoms with E-state index < -0.39 is 0 Å². The summed E-state index contributed by atoms with van der Waals surface area (Å²) in [5, 5.41) is 3.47. The van der Waals surface area contributed by atoms with Crippen LogP contribution in [0.15, 0.2) is 36.4 Å². The van der Waals surface area contributed by atoms with Crippen molar-refractivity contribution >= 4 is 45.8 Å². The van der Waals surface area contributed by atoms with Gasteiger partial charge >= 0.3 is 0 Å². The number of aromatic nitrogens is 2. The van der Waals surface area contributed by atoms with Crippen LogP contribution in [0.3, 0.4) is 0 Å². The van der Waals surface area contributed by atoms with Crippen LogP contribution in [0.2, 0.25) is 10.0 Å². The molecule has 0 bridgehead atoms. The summed E-state index contributed by atoms with van der Waals surface area (Å²) in [7, 11) is 1.93. The third kappa shape index (κ3) is 2.45. The maximum Gasteiger partial charge on any atom is 0.258 e. The number of benzene rings is 2. The molecule has 0 aliphatic carbocycles. The number of carbonyl (C=O) groups is 1. The number of anilines is 1. The van der Waals surface area contributed by atoms with Gasteiger partial charge in [0.05, 0.1) is 26.8 Å². The molecular weight excluding hydrogens is 321 g/mol. The molecule has 0 aliphatic rings. The van der Waals surface area contributed by atoms with Crippen LogP contribution < -0.4 is 5.32 Å². The zero-order valence-electron chi connectivity index (χ0n) is 12.0. The van der Waals surface area contributed by atoms with Crippen LogP contribution in [0.5, 0.6) is 0 Å². The SMILES string of the molecule is Cc1nc2c(NC(=O)c3c(Cl)cccc3Cl)cccc2n1C. The van der Waals surface area contributed by atoms with Gasteiger partial charge in [-0.15, -0.1) is 0 Å². The Balaban J connectivity index is 2.04. The van der Waals surface area contributed by atoms with Crippen molar-refractivity contribution in [3.05, 3.63) is 57.8 Å². The normalized spacial score (nSPS) is 10.9. The van der Waals surface area contributed by atoms with E-state index in [1.165, 1.54) is 0 Å². The van der Waals surface area contributed by atoms with Gasteiger partial charge in [-0.05, 0) is 31.2 Å². The van der Waals surface area contributed by atoms with Crippen LogP contribution in [0, 0.1) is 6.92 Å². The largest absolute Gasteiger partial charge is 0.331 e. The summed E-state index contributed by atoms with van der Waals surface area (Å²) in [4.78, 5) is 17.0. The number of hydrogen-bond acceptors (Lipinski definition) is 2. The monoisotopic (exact) mass is 333 g/mol. The van der Waals surface area contributed by atoms with Crippen LogP contribution in [0.25, 0.3) is 11.0 Å². The molecule has 2 aromatic carbocycles. The molecule has 22 heavy (non-hydrogen) atoms. The Labute approximate surface area is 137 Å². The topological polar surface area (TPSA) is 46.9 Å². The fourth-order valence-corrected chi connectivity index (χ4v) is 2.90. The van der Waals surface area contributed by atoms with Crippen LogP contribution in [0.1, 0.15) is 16.2 Å². The molecule has 1 aromatic heterocycles. The molecule has 6 heteroatoms. The van der Waals surface area contributed by atoms with E-state index in [-0.39, 0.29) is 11.5 Å². The predicted molar refractivity (Wildman–Crippen MR) is 89.9 cm³/mol. The summed E-state index contributed by atoms with van der Waals surface area (Å²) in [5.74, 6) is 0.513. The van der Waals surface area contributed by atoms with Crippen molar-refractivity contribution < 1.29 is 4.79 Å². The highest BCUT2D eigenvalue weighted by atomic mass is 35.5. The smallest absolute Gasteiger partial charge is 0.258 e. The molecular formula is C16H13Cl2N3O. The number of para-hydroxylation sites is 1. The number of nitrogens with one attached hydrogen (secondary N) is 1. The summed E-state index contributed by atoms with van der Waals surface area (Å²) in [6, 6.07) is 10.6. The van der Waals surface area contributed by atoms with Crippen molar-refractivity contribution in [2.24, 2.45) is 7.05 Å². The molecule has 0 fully saturated rings. The second-order valence-corrected chi connectivity index (χ2v) is 5.76. The quantitative estimate of drug-likeness (QED) is 0.753. The molecule has 1 heterocycles. The molecule has 0 unspecified atom stereocenters. The first kappa shape index (κ1) is 14.9. The summed E-state index contributed by atoms with van der Waals surface area (Å²) in [5.41, 5.74) is 2.57. The highest BCUT2D eigenvalue weighted by Crippen LogP contribution is 2.27. The molecule has 0 aliphatic heterocycles. The van der Waals surface area contributed by atoms with Crippen molar-refractivity contribution in [3.63, 3.8) is 0 Å². The summed E-state index contributed by atoms with van der Waals surface area (Å²) < 4.78 is 1.97. The van der Waals surface area contributed by atoms with Gasteiger partial charge in [0.25, 0.3) is 5.91 Å². The van der Waals surface area contributed by atoms with Gasteiger partial charge in [-0.1, -0.05) is 35.3 Å². The minimum Gasteiger partial charge on any atom is -0.331 e. The van der Waals surface area contributed by atoms with E-state index in [2.05, 4.69) is 10.3 Å². The number of amides is 1. The average molecular weight is 334 g/mol. The van der Waals surface area contributed by atoms with Gasteiger partial charge in [-0.2, -0.15) is 0 Å². The van der Waals surface area contributed by atoms with E-state index in [0.29, 0.717) is 15.7 Å². The predicted octanol–water partition coefficient (Wildman–Crippen LogP) is 4.44.